The van der Waals surface area contributed by atoms with Crippen LogP contribution in [0.3, 0.4) is 0 Å². The molecule has 30 heavy (non-hydrogen) atoms. The first-order chi connectivity index (χ1) is 14.6. The van der Waals surface area contributed by atoms with E-state index < -0.39 is 0 Å². The molecule has 0 saturated carbocycles. The predicted octanol–water partition coefficient (Wildman–Crippen LogP) is 2.28. The number of nitrogens with zero attached hydrogens (tertiary/aromatic N) is 6. The average Bonchev–Trinajstić information content (AvgIpc) is 3.36. The summed E-state index contributed by atoms with van der Waals surface area (Å²) in [6.07, 6.45) is 5.80. The van der Waals surface area contributed by atoms with Crippen molar-refractivity contribution in [2.45, 2.75) is 19.4 Å². The summed E-state index contributed by atoms with van der Waals surface area (Å²) in [5.74, 6) is 1.82. The largest absolute Gasteiger partial charge is 0.496 e. The SMILES string of the molecule is COc1cc(Nc2cnc(C#N)c(O[C@@H]3CCN(C)C3)n2)ncc1-c1cn[nH]c1C. The lowest BCUT2D eigenvalue weighted by Crippen LogP contribution is -2.22. The number of ether oxygens (including phenoxy) is 2. The van der Waals surface area contributed by atoms with Gasteiger partial charge in [-0.3, -0.25) is 5.10 Å². The number of likely N-dealkylation sites (N-methyl/N-ethyl adjacent to an activating group) is 1. The maximum Gasteiger partial charge on any atom is 0.253 e. The van der Waals surface area contributed by atoms with E-state index in [1.54, 1.807) is 25.6 Å². The van der Waals surface area contributed by atoms with Crippen LogP contribution in [0.25, 0.3) is 11.1 Å². The van der Waals surface area contributed by atoms with E-state index >= 15 is 0 Å². The van der Waals surface area contributed by atoms with Gasteiger partial charge in [-0.25, -0.2) is 9.97 Å². The first kappa shape index (κ1) is 19.6. The van der Waals surface area contributed by atoms with E-state index in [2.05, 4.69) is 35.4 Å². The Morgan fingerprint density at radius 2 is 2.10 bits per heavy atom. The van der Waals surface area contributed by atoms with Gasteiger partial charge < -0.3 is 19.7 Å². The number of H-pyrrole nitrogens is 1. The molecule has 4 heterocycles. The van der Waals surface area contributed by atoms with Crippen LogP contribution in [0.5, 0.6) is 11.6 Å². The molecule has 0 radical (unpaired) electrons. The van der Waals surface area contributed by atoms with Gasteiger partial charge in [-0.15, -0.1) is 0 Å². The molecule has 0 unspecified atom stereocenters. The monoisotopic (exact) mass is 406 g/mol. The van der Waals surface area contributed by atoms with Crippen molar-refractivity contribution in [3.05, 3.63) is 36.0 Å². The fourth-order valence-corrected chi connectivity index (χ4v) is 3.37. The highest BCUT2D eigenvalue weighted by Crippen LogP contribution is 2.33. The molecule has 1 fully saturated rings. The molecule has 2 N–H and O–H groups in total. The number of aromatic amines is 1. The first-order valence-electron chi connectivity index (χ1n) is 9.51. The zero-order valence-electron chi connectivity index (χ0n) is 17.0. The standard InChI is InChI=1S/C20H22N8O2/c1-12-14(9-24-27-12)15-8-23-18(6-17(15)29-3)25-19-10-22-16(7-21)20(26-19)30-13-4-5-28(2)11-13/h6,8-10,13H,4-5,11H2,1-3H3,(H,24,27)(H,23,25,26)/t13-/m1/s1. The number of nitrogens with one attached hydrogen (secondary N) is 2. The van der Waals surface area contributed by atoms with Crippen molar-refractivity contribution < 1.29 is 9.47 Å². The number of nitriles is 1. The van der Waals surface area contributed by atoms with E-state index in [1.807, 2.05) is 20.0 Å². The number of methoxy groups -OCH3 is 1. The third-order valence-corrected chi connectivity index (χ3v) is 4.93. The minimum atomic E-state index is -0.0117. The summed E-state index contributed by atoms with van der Waals surface area (Å²) in [6.45, 7) is 3.67. The number of anilines is 2. The molecule has 3 aromatic heterocycles. The molecule has 1 aliphatic rings. The molecule has 4 rings (SSSR count). The molecule has 0 aromatic carbocycles. The molecule has 154 valence electrons. The number of aryl methyl sites for hydroxylation is 1. The predicted molar refractivity (Wildman–Crippen MR) is 110 cm³/mol. The minimum absolute atomic E-state index is 0.0117. The zero-order chi connectivity index (χ0) is 21.1. The lowest BCUT2D eigenvalue weighted by Gasteiger charge is -2.15. The highest BCUT2D eigenvalue weighted by Gasteiger charge is 2.23. The van der Waals surface area contributed by atoms with Gasteiger partial charge >= 0.3 is 0 Å². The van der Waals surface area contributed by atoms with E-state index in [0.29, 0.717) is 17.4 Å². The van der Waals surface area contributed by atoms with Gasteiger partial charge in [0.1, 0.15) is 23.7 Å². The van der Waals surface area contributed by atoms with Crippen LogP contribution < -0.4 is 14.8 Å². The van der Waals surface area contributed by atoms with Gasteiger partial charge in [0.05, 0.1) is 19.5 Å². The average molecular weight is 406 g/mol. The van der Waals surface area contributed by atoms with Crippen LogP contribution in [0.4, 0.5) is 11.6 Å². The summed E-state index contributed by atoms with van der Waals surface area (Å²) < 4.78 is 11.5. The van der Waals surface area contributed by atoms with E-state index in [1.165, 1.54) is 6.20 Å². The Kier molecular flexibility index (Phi) is 5.45. The Hall–Kier alpha value is -3.71. The Balaban J connectivity index is 1.57. The highest BCUT2D eigenvalue weighted by molar-refractivity contribution is 5.73. The number of pyridine rings is 1. The minimum Gasteiger partial charge on any atom is -0.496 e. The summed E-state index contributed by atoms with van der Waals surface area (Å²) in [6, 6.07) is 3.81. The zero-order valence-corrected chi connectivity index (χ0v) is 17.0. The topological polar surface area (TPSA) is 125 Å². The van der Waals surface area contributed by atoms with Gasteiger partial charge in [-0.05, 0) is 20.4 Å². The summed E-state index contributed by atoms with van der Waals surface area (Å²) in [4.78, 5) is 15.2. The molecule has 0 amide bonds. The molecule has 1 aliphatic heterocycles. The van der Waals surface area contributed by atoms with Crippen molar-refractivity contribution in [3.8, 4) is 28.8 Å². The van der Waals surface area contributed by atoms with Crippen LogP contribution in [-0.4, -0.2) is 63.4 Å². The molecule has 1 atom stereocenters. The third-order valence-electron chi connectivity index (χ3n) is 4.93. The first-order valence-corrected chi connectivity index (χ1v) is 9.51. The van der Waals surface area contributed by atoms with Crippen LogP contribution in [0.1, 0.15) is 17.8 Å². The Bertz CT molecular complexity index is 1090. The number of hydrogen-bond acceptors (Lipinski definition) is 9. The quantitative estimate of drug-likeness (QED) is 0.634. The molecule has 1 saturated heterocycles. The summed E-state index contributed by atoms with van der Waals surface area (Å²) >= 11 is 0. The van der Waals surface area contributed by atoms with Gasteiger partial charge in [0.2, 0.25) is 5.69 Å². The van der Waals surface area contributed by atoms with Crippen molar-refractivity contribution in [1.82, 2.24) is 30.0 Å². The summed E-state index contributed by atoms with van der Waals surface area (Å²) in [5, 5.41) is 19.4. The highest BCUT2D eigenvalue weighted by atomic mass is 16.5. The van der Waals surface area contributed by atoms with Crippen LogP contribution in [0, 0.1) is 18.3 Å². The van der Waals surface area contributed by atoms with E-state index in [-0.39, 0.29) is 17.7 Å². The Morgan fingerprint density at radius 1 is 1.23 bits per heavy atom. The smallest absolute Gasteiger partial charge is 0.253 e. The molecular weight excluding hydrogens is 384 g/mol. The van der Waals surface area contributed by atoms with Gasteiger partial charge in [-0.1, -0.05) is 0 Å². The van der Waals surface area contributed by atoms with E-state index in [4.69, 9.17) is 9.47 Å². The normalized spacial score (nSPS) is 16.3. The Labute approximate surface area is 173 Å². The number of likely N-dealkylation sites (tertiary alicyclic amines) is 1. The molecule has 0 aliphatic carbocycles. The van der Waals surface area contributed by atoms with Crippen molar-refractivity contribution in [2.24, 2.45) is 0 Å². The molecule has 10 nitrogen and oxygen atoms in total. The van der Waals surface area contributed by atoms with Crippen LogP contribution in [-0.2, 0) is 0 Å². The maximum atomic E-state index is 9.34. The number of aromatic nitrogens is 5. The maximum absolute atomic E-state index is 9.34. The van der Waals surface area contributed by atoms with Crippen molar-refractivity contribution >= 4 is 11.6 Å². The lowest BCUT2D eigenvalue weighted by atomic mass is 10.1. The number of rotatable bonds is 6. The van der Waals surface area contributed by atoms with E-state index in [0.717, 1.165) is 36.3 Å². The summed E-state index contributed by atoms with van der Waals surface area (Å²) in [7, 11) is 3.64. The van der Waals surface area contributed by atoms with Crippen LogP contribution >= 0.6 is 0 Å². The number of hydrogen-bond donors (Lipinski definition) is 2. The van der Waals surface area contributed by atoms with Crippen molar-refractivity contribution in [3.63, 3.8) is 0 Å². The molecular formula is C20H22N8O2. The second kappa shape index (κ2) is 8.34. The van der Waals surface area contributed by atoms with Gasteiger partial charge in [0, 0.05) is 42.2 Å². The molecule has 0 spiro atoms. The fourth-order valence-electron chi connectivity index (χ4n) is 3.37. The molecule has 0 bridgehead atoms. The van der Waals surface area contributed by atoms with Crippen molar-refractivity contribution in [1.29, 1.82) is 5.26 Å². The van der Waals surface area contributed by atoms with Crippen molar-refractivity contribution in [2.75, 3.05) is 32.6 Å². The van der Waals surface area contributed by atoms with Gasteiger partial charge in [0.15, 0.2) is 5.82 Å². The van der Waals surface area contributed by atoms with Gasteiger partial charge in [0.25, 0.3) is 5.88 Å². The van der Waals surface area contributed by atoms with E-state index in [9.17, 15) is 5.26 Å². The second-order valence-electron chi connectivity index (χ2n) is 7.12. The lowest BCUT2D eigenvalue weighted by molar-refractivity contribution is 0.199. The fraction of sp³-hybridized carbons (Fsp3) is 0.350. The molecule has 10 heteroatoms. The third kappa shape index (κ3) is 4.01. The molecule has 3 aromatic rings. The van der Waals surface area contributed by atoms with Crippen LogP contribution in [0.2, 0.25) is 0 Å². The summed E-state index contributed by atoms with van der Waals surface area (Å²) in [5.41, 5.74) is 2.83. The second-order valence-corrected chi connectivity index (χ2v) is 7.12. The Morgan fingerprint density at radius 3 is 2.77 bits per heavy atom. The van der Waals surface area contributed by atoms with Crippen LogP contribution in [0.15, 0.2) is 24.7 Å². The van der Waals surface area contributed by atoms with Gasteiger partial charge in [-0.2, -0.15) is 15.3 Å².